The molecule has 2 aliphatic heterocycles. The van der Waals surface area contributed by atoms with Crippen LogP contribution in [0, 0.1) is 13.8 Å². The molecule has 1 N–H and O–H groups in total. The number of ether oxygens (including phenoxy) is 1. The Balaban J connectivity index is 1.37. The molecule has 8 heteroatoms. The number of hydrogen-bond donors (Lipinski definition) is 1. The van der Waals surface area contributed by atoms with Crippen molar-refractivity contribution in [2.75, 3.05) is 17.8 Å². The standard InChI is InChI=1S/C30H34F2N4OS/c1-19-5-3-6-20(2)28(19)26-17-27-34-29(33-26)35-38-25-8-4-7-21(16-25)22-11-14-36(18-24(15-22)37-27)23-9-12-30(31,32)13-10-23/h3-8,16-17,22-24H,9-15,18H2,1-2H3,(H,33,34,35). The second-order valence-corrected chi connectivity index (χ2v) is 11.9. The number of aryl methyl sites for hydroxylation is 2. The number of benzene rings is 2. The molecule has 2 aromatic carbocycles. The summed E-state index contributed by atoms with van der Waals surface area (Å²) < 4.78 is 37.9. The molecule has 6 bridgehead atoms. The zero-order valence-electron chi connectivity index (χ0n) is 21.9. The lowest BCUT2D eigenvalue weighted by Crippen LogP contribution is -2.44. The first-order valence-corrected chi connectivity index (χ1v) is 14.4. The van der Waals surface area contributed by atoms with Gasteiger partial charge >= 0.3 is 0 Å². The average molecular weight is 537 g/mol. The van der Waals surface area contributed by atoms with Crippen LogP contribution in [-0.2, 0) is 0 Å². The van der Waals surface area contributed by atoms with E-state index in [-0.39, 0.29) is 25.0 Å². The van der Waals surface area contributed by atoms with Gasteiger partial charge in [0.25, 0.3) is 0 Å². The van der Waals surface area contributed by atoms with Crippen molar-refractivity contribution in [1.29, 1.82) is 0 Å². The molecule has 2 atom stereocenters. The van der Waals surface area contributed by atoms with Gasteiger partial charge in [-0.2, -0.15) is 4.98 Å². The van der Waals surface area contributed by atoms with Crippen LogP contribution >= 0.6 is 11.9 Å². The molecule has 3 aliphatic rings. The van der Waals surface area contributed by atoms with Crippen molar-refractivity contribution >= 4 is 17.9 Å². The molecule has 1 saturated carbocycles. The quantitative estimate of drug-likeness (QED) is 0.345. The van der Waals surface area contributed by atoms with Crippen molar-refractivity contribution < 1.29 is 13.5 Å². The molecule has 1 aliphatic carbocycles. The summed E-state index contributed by atoms with van der Waals surface area (Å²) in [5.41, 5.74) is 5.51. The van der Waals surface area contributed by atoms with Crippen molar-refractivity contribution in [1.82, 2.24) is 14.9 Å². The molecule has 3 heterocycles. The second-order valence-electron chi connectivity index (χ2n) is 11.0. The van der Waals surface area contributed by atoms with Gasteiger partial charge in [-0.1, -0.05) is 30.3 Å². The number of nitrogens with one attached hydrogen (secondary N) is 1. The normalized spacial score (nSPS) is 23.8. The number of fused-ring (bicyclic) bond motifs is 7. The highest BCUT2D eigenvalue weighted by Crippen LogP contribution is 2.39. The minimum absolute atomic E-state index is 0.0253. The number of alkyl halides is 2. The summed E-state index contributed by atoms with van der Waals surface area (Å²) in [7, 11) is 0. The monoisotopic (exact) mass is 536 g/mol. The maximum absolute atomic E-state index is 13.9. The largest absolute Gasteiger partial charge is 0.473 e. The average Bonchev–Trinajstić information content (AvgIpc) is 3.10. The summed E-state index contributed by atoms with van der Waals surface area (Å²) >= 11 is 1.51. The number of rotatable bonds is 2. The van der Waals surface area contributed by atoms with E-state index in [0.29, 0.717) is 37.1 Å². The number of anilines is 1. The Morgan fingerprint density at radius 1 is 1.00 bits per heavy atom. The van der Waals surface area contributed by atoms with E-state index < -0.39 is 5.92 Å². The van der Waals surface area contributed by atoms with Gasteiger partial charge < -0.3 is 4.74 Å². The minimum atomic E-state index is -2.53. The minimum Gasteiger partial charge on any atom is -0.473 e. The summed E-state index contributed by atoms with van der Waals surface area (Å²) in [4.78, 5) is 13.1. The maximum atomic E-state index is 13.9. The molecule has 1 aromatic heterocycles. The molecule has 1 saturated heterocycles. The number of aromatic nitrogens is 2. The Labute approximate surface area is 227 Å². The fraction of sp³-hybridized carbons (Fsp3) is 0.467. The van der Waals surface area contributed by atoms with Gasteiger partial charge in [0, 0.05) is 42.0 Å². The molecular formula is C30H34F2N4OS. The Morgan fingerprint density at radius 2 is 1.76 bits per heavy atom. The topological polar surface area (TPSA) is 50.3 Å². The Hall–Kier alpha value is -2.71. The predicted molar refractivity (Wildman–Crippen MR) is 148 cm³/mol. The van der Waals surface area contributed by atoms with Gasteiger partial charge in [0.05, 0.1) is 5.69 Å². The van der Waals surface area contributed by atoms with Crippen LogP contribution in [0.15, 0.2) is 53.4 Å². The molecule has 6 rings (SSSR count). The summed E-state index contributed by atoms with van der Waals surface area (Å²) in [6.07, 6.45) is 2.76. The van der Waals surface area contributed by atoms with E-state index in [1.54, 1.807) is 0 Å². The zero-order chi connectivity index (χ0) is 26.3. The lowest BCUT2D eigenvalue weighted by Gasteiger charge is -2.37. The Kier molecular flexibility index (Phi) is 7.03. The summed E-state index contributed by atoms with van der Waals surface area (Å²) in [5.74, 6) is -1.14. The lowest BCUT2D eigenvalue weighted by atomic mass is 9.90. The van der Waals surface area contributed by atoms with Crippen LogP contribution < -0.4 is 9.46 Å². The van der Waals surface area contributed by atoms with Crippen molar-refractivity contribution in [2.45, 2.75) is 81.3 Å². The first-order chi connectivity index (χ1) is 18.3. The van der Waals surface area contributed by atoms with E-state index >= 15 is 0 Å². The number of hydrogen-bond acceptors (Lipinski definition) is 6. The lowest BCUT2D eigenvalue weighted by molar-refractivity contribution is -0.0557. The van der Waals surface area contributed by atoms with E-state index in [0.717, 1.165) is 46.7 Å². The molecule has 2 unspecified atom stereocenters. The van der Waals surface area contributed by atoms with E-state index in [2.05, 4.69) is 65.9 Å². The number of nitrogens with zero attached hydrogens (tertiary/aromatic N) is 3. The number of halogens is 2. The summed E-state index contributed by atoms with van der Waals surface area (Å²) in [5, 5.41) is 0. The second kappa shape index (κ2) is 10.5. The van der Waals surface area contributed by atoms with Crippen molar-refractivity contribution in [3.63, 3.8) is 0 Å². The summed E-state index contributed by atoms with van der Waals surface area (Å²) in [6.45, 7) is 5.79. The SMILES string of the molecule is Cc1cccc(C)c1-c1cc2nc(n1)NSc1cccc(c1)C1CCN(C3CCC(F)(F)CC3)CC(C1)O2. The summed E-state index contributed by atoms with van der Waals surface area (Å²) in [6, 6.07) is 17.0. The van der Waals surface area contributed by atoms with Crippen LogP contribution in [0.5, 0.6) is 5.88 Å². The molecule has 0 radical (unpaired) electrons. The first-order valence-electron chi connectivity index (χ1n) is 13.6. The third-order valence-corrected chi connectivity index (χ3v) is 9.04. The molecule has 38 heavy (non-hydrogen) atoms. The van der Waals surface area contributed by atoms with Gasteiger partial charge in [-0.3, -0.25) is 9.62 Å². The predicted octanol–water partition coefficient (Wildman–Crippen LogP) is 7.40. The van der Waals surface area contributed by atoms with Crippen LogP contribution in [0.25, 0.3) is 11.3 Å². The molecule has 3 aromatic rings. The van der Waals surface area contributed by atoms with Gasteiger partial charge in [0.15, 0.2) is 0 Å². The molecule has 200 valence electrons. The molecule has 0 amide bonds. The van der Waals surface area contributed by atoms with Crippen LogP contribution in [0.3, 0.4) is 0 Å². The highest BCUT2D eigenvalue weighted by Gasteiger charge is 2.39. The van der Waals surface area contributed by atoms with Gasteiger partial charge in [-0.05, 0) is 92.8 Å². The van der Waals surface area contributed by atoms with E-state index in [4.69, 9.17) is 14.7 Å². The molecule has 2 fully saturated rings. The van der Waals surface area contributed by atoms with Crippen LogP contribution in [0.2, 0.25) is 0 Å². The fourth-order valence-electron chi connectivity index (χ4n) is 6.28. The van der Waals surface area contributed by atoms with E-state index in [1.807, 2.05) is 6.07 Å². The Bertz CT molecular complexity index is 1290. The molecule has 5 nitrogen and oxygen atoms in total. The maximum Gasteiger partial charge on any atom is 0.248 e. The molecule has 0 spiro atoms. The van der Waals surface area contributed by atoms with Gasteiger partial charge in [-0.25, -0.2) is 13.8 Å². The zero-order valence-corrected chi connectivity index (χ0v) is 22.7. The highest BCUT2D eigenvalue weighted by molar-refractivity contribution is 8.00. The van der Waals surface area contributed by atoms with Crippen LogP contribution in [-0.4, -0.2) is 46.0 Å². The van der Waals surface area contributed by atoms with Crippen molar-refractivity contribution in [3.8, 4) is 17.1 Å². The Morgan fingerprint density at radius 3 is 2.55 bits per heavy atom. The third-order valence-electron chi connectivity index (χ3n) is 8.27. The smallest absolute Gasteiger partial charge is 0.248 e. The van der Waals surface area contributed by atoms with Crippen molar-refractivity contribution in [2.24, 2.45) is 0 Å². The van der Waals surface area contributed by atoms with Gasteiger partial charge in [0.1, 0.15) is 6.10 Å². The fourth-order valence-corrected chi connectivity index (χ4v) is 6.92. The number of likely N-dealkylation sites (tertiary alicyclic amines) is 1. The van der Waals surface area contributed by atoms with E-state index in [1.165, 1.54) is 17.5 Å². The van der Waals surface area contributed by atoms with Gasteiger partial charge in [0.2, 0.25) is 17.8 Å². The van der Waals surface area contributed by atoms with Gasteiger partial charge in [-0.15, -0.1) is 0 Å². The third kappa shape index (κ3) is 5.52. The van der Waals surface area contributed by atoms with Crippen LogP contribution in [0.1, 0.15) is 61.1 Å². The first kappa shape index (κ1) is 25.6. The molecular weight excluding hydrogens is 502 g/mol. The van der Waals surface area contributed by atoms with E-state index in [9.17, 15) is 8.78 Å². The van der Waals surface area contributed by atoms with Crippen LogP contribution in [0.4, 0.5) is 14.7 Å². The highest BCUT2D eigenvalue weighted by atomic mass is 32.2. The van der Waals surface area contributed by atoms with Crippen molar-refractivity contribution in [3.05, 3.63) is 65.2 Å².